The van der Waals surface area contributed by atoms with E-state index in [9.17, 15) is 13.6 Å². The molecule has 4 nitrogen and oxygen atoms in total. The molecule has 126 valence electrons. The zero-order chi connectivity index (χ0) is 17.1. The van der Waals surface area contributed by atoms with E-state index in [1.165, 1.54) is 12.1 Å². The SMILES string of the molecule is C=C1CN(C)CCC1N(C)C(=O)NC(C)c1cccc(F)c1F. The van der Waals surface area contributed by atoms with E-state index in [-0.39, 0.29) is 17.6 Å². The number of nitrogens with one attached hydrogen (secondary N) is 1. The normalized spacial score (nSPS) is 20.2. The third-order valence-electron chi connectivity index (χ3n) is 4.30. The average Bonchev–Trinajstić information content (AvgIpc) is 2.49. The van der Waals surface area contributed by atoms with Gasteiger partial charge in [0.2, 0.25) is 0 Å². The first-order valence-electron chi connectivity index (χ1n) is 7.64. The van der Waals surface area contributed by atoms with E-state index in [1.807, 2.05) is 7.05 Å². The number of benzene rings is 1. The molecule has 0 spiro atoms. The summed E-state index contributed by atoms with van der Waals surface area (Å²) in [6.45, 7) is 7.30. The maximum Gasteiger partial charge on any atom is 0.318 e. The smallest absolute Gasteiger partial charge is 0.318 e. The van der Waals surface area contributed by atoms with Crippen LogP contribution >= 0.6 is 0 Å². The lowest BCUT2D eigenvalue weighted by Gasteiger charge is -2.37. The number of nitrogens with zero attached hydrogens (tertiary/aromatic N) is 2. The summed E-state index contributed by atoms with van der Waals surface area (Å²) in [6.07, 6.45) is 0.808. The second kappa shape index (κ2) is 7.08. The molecule has 1 saturated heterocycles. The Kier molecular flexibility index (Phi) is 5.36. The van der Waals surface area contributed by atoms with Gasteiger partial charge in [-0.25, -0.2) is 13.6 Å². The highest BCUT2D eigenvalue weighted by Gasteiger charge is 2.28. The maximum atomic E-state index is 13.8. The maximum absolute atomic E-state index is 13.8. The van der Waals surface area contributed by atoms with Gasteiger partial charge in [0, 0.05) is 25.7 Å². The largest absolute Gasteiger partial charge is 0.331 e. The van der Waals surface area contributed by atoms with Crippen molar-refractivity contribution in [2.24, 2.45) is 0 Å². The molecule has 1 fully saturated rings. The van der Waals surface area contributed by atoms with Crippen LogP contribution in [0.1, 0.15) is 24.9 Å². The topological polar surface area (TPSA) is 35.6 Å². The molecule has 1 aliphatic heterocycles. The number of halogens is 2. The van der Waals surface area contributed by atoms with E-state index >= 15 is 0 Å². The highest BCUT2D eigenvalue weighted by atomic mass is 19.2. The monoisotopic (exact) mass is 323 g/mol. The second-order valence-corrected chi connectivity index (χ2v) is 6.13. The van der Waals surface area contributed by atoms with Gasteiger partial charge in [-0.05, 0) is 32.0 Å². The Labute approximate surface area is 135 Å². The van der Waals surface area contributed by atoms with Gasteiger partial charge in [-0.1, -0.05) is 18.7 Å². The second-order valence-electron chi connectivity index (χ2n) is 6.13. The summed E-state index contributed by atoms with van der Waals surface area (Å²) in [5.74, 6) is -1.84. The van der Waals surface area contributed by atoms with Gasteiger partial charge in [-0.15, -0.1) is 0 Å². The summed E-state index contributed by atoms with van der Waals surface area (Å²) >= 11 is 0. The van der Waals surface area contributed by atoms with Crippen molar-refractivity contribution in [3.63, 3.8) is 0 Å². The molecule has 0 radical (unpaired) electrons. The summed E-state index contributed by atoms with van der Waals surface area (Å²) in [5.41, 5.74) is 1.11. The fourth-order valence-electron chi connectivity index (χ4n) is 2.91. The molecule has 1 aromatic rings. The molecule has 1 aromatic carbocycles. The van der Waals surface area contributed by atoms with Gasteiger partial charge in [-0.2, -0.15) is 0 Å². The van der Waals surface area contributed by atoms with E-state index in [4.69, 9.17) is 0 Å². The van der Waals surface area contributed by atoms with Crippen LogP contribution in [0.4, 0.5) is 13.6 Å². The molecule has 6 heteroatoms. The lowest BCUT2D eigenvalue weighted by atomic mass is 9.99. The molecule has 2 atom stereocenters. The van der Waals surface area contributed by atoms with Crippen molar-refractivity contribution in [2.75, 3.05) is 27.2 Å². The Morgan fingerprint density at radius 2 is 2.17 bits per heavy atom. The van der Waals surface area contributed by atoms with Crippen molar-refractivity contribution >= 4 is 6.03 Å². The minimum Gasteiger partial charge on any atom is -0.331 e. The van der Waals surface area contributed by atoms with Crippen LogP contribution in [0.15, 0.2) is 30.4 Å². The van der Waals surface area contributed by atoms with Crippen LogP contribution in [-0.4, -0.2) is 49.1 Å². The molecule has 2 unspecified atom stereocenters. The van der Waals surface area contributed by atoms with E-state index in [1.54, 1.807) is 18.9 Å². The number of carbonyl (C=O) groups is 1. The van der Waals surface area contributed by atoms with Crippen LogP contribution in [0.2, 0.25) is 0 Å². The highest BCUT2D eigenvalue weighted by molar-refractivity contribution is 5.75. The summed E-state index contributed by atoms with van der Waals surface area (Å²) < 4.78 is 27.1. The number of hydrogen-bond acceptors (Lipinski definition) is 2. The van der Waals surface area contributed by atoms with Gasteiger partial charge in [-0.3, -0.25) is 0 Å². The van der Waals surface area contributed by atoms with E-state index in [0.29, 0.717) is 0 Å². The number of piperidine rings is 1. The van der Waals surface area contributed by atoms with Gasteiger partial charge in [0.1, 0.15) is 0 Å². The Hall–Kier alpha value is -1.95. The van der Waals surface area contributed by atoms with Crippen LogP contribution in [-0.2, 0) is 0 Å². The van der Waals surface area contributed by atoms with Crippen LogP contribution < -0.4 is 5.32 Å². The van der Waals surface area contributed by atoms with Gasteiger partial charge >= 0.3 is 6.03 Å². The Bertz CT molecular complexity index is 606. The molecule has 1 aliphatic rings. The molecule has 23 heavy (non-hydrogen) atoms. The minimum atomic E-state index is -0.924. The predicted molar refractivity (Wildman–Crippen MR) is 86.1 cm³/mol. The number of carbonyl (C=O) groups excluding carboxylic acids is 1. The summed E-state index contributed by atoms with van der Waals surface area (Å²) in [4.78, 5) is 16.1. The van der Waals surface area contributed by atoms with E-state index in [2.05, 4.69) is 16.8 Å². The fraction of sp³-hybridized carbons (Fsp3) is 0.471. The summed E-state index contributed by atoms with van der Waals surface area (Å²) in [7, 11) is 3.71. The Morgan fingerprint density at radius 1 is 1.48 bits per heavy atom. The molecule has 0 saturated carbocycles. The zero-order valence-corrected chi connectivity index (χ0v) is 13.8. The van der Waals surface area contributed by atoms with Crippen LogP contribution in [0, 0.1) is 11.6 Å². The number of likely N-dealkylation sites (tertiary alicyclic amines) is 1. The average molecular weight is 323 g/mol. The number of likely N-dealkylation sites (N-methyl/N-ethyl adjacent to an activating group) is 2. The van der Waals surface area contributed by atoms with Gasteiger partial charge in [0.25, 0.3) is 0 Å². The third-order valence-corrected chi connectivity index (χ3v) is 4.30. The first-order valence-corrected chi connectivity index (χ1v) is 7.64. The fourth-order valence-corrected chi connectivity index (χ4v) is 2.91. The third kappa shape index (κ3) is 3.88. The number of amides is 2. The lowest BCUT2D eigenvalue weighted by molar-refractivity contribution is 0.173. The number of hydrogen-bond donors (Lipinski definition) is 1. The van der Waals surface area contributed by atoms with Crippen LogP contribution in [0.25, 0.3) is 0 Å². The van der Waals surface area contributed by atoms with Crippen molar-refractivity contribution in [1.82, 2.24) is 15.1 Å². The lowest BCUT2D eigenvalue weighted by Crippen LogP contribution is -2.49. The van der Waals surface area contributed by atoms with Crippen molar-refractivity contribution in [1.29, 1.82) is 0 Å². The summed E-state index contributed by atoms with van der Waals surface area (Å²) in [5, 5.41) is 2.72. The predicted octanol–water partition coefficient (Wildman–Crippen LogP) is 2.93. The molecule has 0 bridgehead atoms. The van der Waals surface area contributed by atoms with Gasteiger partial charge in [0.05, 0.1) is 12.1 Å². The van der Waals surface area contributed by atoms with Gasteiger partial charge < -0.3 is 15.1 Å². The van der Waals surface area contributed by atoms with Crippen molar-refractivity contribution in [2.45, 2.75) is 25.4 Å². The molecule has 2 amide bonds. The first kappa shape index (κ1) is 17.4. The molecule has 0 aliphatic carbocycles. The van der Waals surface area contributed by atoms with E-state index < -0.39 is 17.7 Å². The van der Waals surface area contributed by atoms with Crippen LogP contribution in [0.3, 0.4) is 0 Å². The highest BCUT2D eigenvalue weighted by Crippen LogP contribution is 2.21. The quantitative estimate of drug-likeness (QED) is 0.868. The molecule has 0 aromatic heterocycles. The molecule has 2 rings (SSSR count). The Balaban J connectivity index is 2.03. The number of urea groups is 1. The van der Waals surface area contributed by atoms with Crippen molar-refractivity contribution in [3.05, 3.63) is 47.5 Å². The molecular weight excluding hydrogens is 300 g/mol. The molecule has 1 heterocycles. The minimum absolute atomic E-state index is 0.0456. The van der Waals surface area contributed by atoms with Crippen molar-refractivity contribution < 1.29 is 13.6 Å². The first-order chi connectivity index (χ1) is 10.8. The van der Waals surface area contributed by atoms with Gasteiger partial charge in [0.15, 0.2) is 11.6 Å². The molecule has 1 N–H and O–H groups in total. The molecular formula is C17H23F2N3O. The zero-order valence-electron chi connectivity index (χ0n) is 13.8. The summed E-state index contributed by atoms with van der Waals surface area (Å²) in [6, 6.07) is 2.96. The van der Waals surface area contributed by atoms with Crippen molar-refractivity contribution in [3.8, 4) is 0 Å². The van der Waals surface area contributed by atoms with Crippen LogP contribution in [0.5, 0.6) is 0 Å². The standard InChI is InChI=1S/C17H23F2N3O/c1-11-10-21(3)9-8-15(11)22(4)17(23)20-12(2)13-6-5-7-14(18)16(13)19/h5-7,12,15H,1,8-10H2,2-4H3,(H,20,23). The number of rotatable bonds is 3. The van der Waals surface area contributed by atoms with E-state index in [0.717, 1.165) is 31.1 Å². The Morgan fingerprint density at radius 3 is 2.83 bits per heavy atom.